The summed E-state index contributed by atoms with van der Waals surface area (Å²) in [6, 6.07) is 10.0. The number of ether oxygens (including phenoxy) is 2. The van der Waals surface area contributed by atoms with Gasteiger partial charge >= 0.3 is 0 Å². The van der Waals surface area contributed by atoms with Crippen LogP contribution in [0.2, 0.25) is 0 Å². The molecule has 0 aromatic heterocycles. The molecule has 28 heavy (non-hydrogen) atoms. The van der Waals surface area contributed by atoms with E-state index in [1.165, 1.54) is 0 Å². The Morgan fingerprint density at radius 3 is 2.71 bits per heavy atom. The van der Waals surface area contributed by atoms with E-state index in [0.29, 0.717) is 19.3 Å². The zero-order valence-corrected chi connectivity index (χ0v) is 16.8. The van der Waals surface area contributed by atoms with Crippen molar-refractivity contribution in [2.24, 2.45) is 11.8 Å². The van der Waals surface area contributed by atoms with Gasteiger partial charge < -0.3 is 24.5 Å². The summed E-state index contributed by atoms with van der Waals surface area (Å²) >= 11 is 0. The van der Waals surface area contributed by atoms with E-state index in [9.17, 15) is 15.0 Å². The van der Waals surface area contributed by atoms with E-state index in [2.05, 4.69) is 0 Å². The maximum absolute atomic E-state index is 11.2. The van der Waals surface area contributed by atoms with E-state index in [-0.39, 0.29) is 30.1 Å². The van der Waals surface area contributed by atoms with Gasteiger partial charge in [0.2, 0.25) is 0 Å². The fraction of sp³-hybridized carbons (Fsp3) is 0.696. The monoisotopic (exact) mass is 390 g/mol. The van der Waals surface area contributed by atoms with Crippen molar-refractivity contribution in [3.05, 3.63) is 35.9 Å². The lowest BCUT2D eigenvalue weighted by Crippen LogP contribution is -2.32. The quantitative estimate of drug-likeness (QED) is 0.632. The van der Waals surface area contributed by atoms with Gasteiger partial charge in [0, 0.05) is 25.4 Å². The molecule has 4 unspecified atom stereocenters. The van der Waals surface area contributed by atoms with Crippen LogP contribution in [0.15, 0.2) is 30.3 Å². The van der Waals surface area contributed by atoms with Crippen molar-refractivity contribution in [2.45, 2.75) is 82.4 Å². The lowest BCUT2D eigenvalue weighted by atomic mass is 9.84. The van der Waals surface area contributed by atoms with E-state index >= 15 is 0 Å². The predicted molar refractivity (Wildman–Crippen MR) is 107 cm³/mol. The fourth-order valence-corrected chi connectivity index (χ4v) is 4.75. The molecule has 5 heteroatoms. The van der Waals surface area contributed by atoms with Crippen molar-refractivity contribution in [1.82, 2.24) is 0 Å². The summed E-state index contributed by atoms with van der Waals surface area (Å²) in [6.07, 6.45) is 4.81. The average Bonchev–Trinajstić information content (AvgIpc) is 3.01. The van der Waals surface area contributed by atoms with Gasteiger partial charge in [-0.05, 0) is 49.5 Å². The summed E-state index contributed by atoms with van der Waals surface area (Å²) in [5, 5.41) is 21.2. The van der Waals surface area contributed by atoms with Crippen molar-refractivity contribution >= 4 is 6.29 Å². The first kappa shape index (κ1) is 21.4. The standard InChI is InChI=1S/C23H34O5/c1-16(17-7-3-2-4-8-17)20(25)11-10-19-18(12-13-24)21(26)15-22(19)28-23-9-5-6-14-27-23/h2-4,7-8,13,16,18-23,25-26H,5-6,9-12,14-15H2,1H3/t16?,18?,19-,20?,21+,22-,23?/m0/s1. The molecule has 0 bridgehead atoms. The van der Waals surface area contributed by atoms with Crippen LogP contribution in [0.4, 0.5) is 0 Å². The van der Waals surface area contributed by atoms with Crippen molar-refractivity contribution < 1.29 is 24.5 Å². The van der Waals surface area contributed by atoms with E-state index in [4.69, 9.17) is 9.47 Å². The van der Waals surface area contributed by atoms with Crippen molar-refractivity contribution in [3.8, 4) is 0 Å². The smallest absolute Gasteiger partial charge is 0.157 e. The summed E-state index contributed by atoms with van der Waals surface area (Å²) in [5.74, 6) is -0.00762. The molecule has 156 valence electrons. The Kier molecular flexibility index (Phi) is 8.03. The Morgan fingerprint density at radius 1 is 1.25 bits per heavy atom. The maximum Gasteiger partial charge on any atom is 0.157 e. The third kappa shape index (κ3) is 5.41. The molecule has 0 radical (unpaired) electrons. The number of hydrogen-bond donors (Lipinski definition) is 2. The van der Waals surface area contributed by atoms with Crippen LogP contribution in [-0.2, 0) is 14.3 Å². The number of benzene rings is 1. The zero-order chi connectivity index (χ0) is 19.9. The Balaban J connectivity index is 1.61. The average molecular weight is 391 g/mol. The molecule has 3 rings (SSSR count). The Labute approximate surface area is 168 Å². The SMILES string of the molecule is CC(c1ccccc1)C(O)CC[C@H]1C(CC=O)[C@H](O)C[C@@H]1OC1CCCCO1. The molecule has 1 saturated heterocycles. The number of rotatable bonds is 9. The third-order valence-electron chi connectivity index (χ3n) is 6.53. The van der Waals surface area contributed by atoms with Crippen LogP contribution in [0.1, 0.15) is 63.4 Å². The molecule has 1 heterocycles. The minimum Gasteiger partial charge on any atom is -0.393 e. The second-order valence-corrected chi connectivity index (χ2v) is 8.35. The van der Waals surface area contributed by atoms with Gasteiger partial charge in [-0.3, -0.25) is 0 Å². The topological polar surface area (TPSA) is 76.0 Å². The number of aliphatic hydroxyl groups is 2. The second kappa shape index (κ2) is 10.5. The molecule has 5 nitrogen and oxygen atoms in total. The lowest BCUT2D eigenvalue weighted by molar-refractivity contribution is -0.196. The number of aldehydes is 1. The highest BCUT2D eigenvalue weighted by Crippen LogP contribution is 2.41. The van der Waals surface area contributed by atoms with E-state index in [1.54, 1.807) is 0 Å². The normalized spacial score (nSPS) is 32.8. The molecule has 1 aromatic carbocycles. The Morgan fingerprint density at radius 2 is 2.04 bits per heavy atom. The molecular formula is C23H34O5. The van der Waals surface area contributed by atoms with Crippen LogP contribution in [0.3, 0.4) is 0 Å². The molecule has 2 aliphatic rings. The van der Waals surface area contributed by atoms with E-state index in [1.807, 2.05) is 37.3 Å². The van der Waals surface area contributed by atoms with Crippen LogP contribution in [-0.4, -0.2) is 47.7 Å². The highest BCUT2D eigenvalue weighted by atomic mass is 16.7. The molecular weight excluding hydrogens is 356 g/mol. The van der Waals surface area contributed by atoms with Gasteiger partial charge in [0.15, 0.2) is 6.29 Å². The largest absolute Gasteiger partial charge is 0.393 e. The van der Waals surface area contributed by atoms with Crippen molar-refractivity contribution in [2.75, 3.05) is 6.61 Å². The van der Waals surface area contributed by atoms with Crippen LogP contribution in [0.25, 0.3) is 0 Å². The Bertz CT molecular complexity index is 586. The summed E-state index contributed by atoms with van der Waals surface area (Å²) in [6.45, 7) is 2.76. The molecule has 1 aliphatic carbocycles. The first-order chi connectivity index (χ1) is 13.6. The minimum absolute atomic E-state index is 0.0399. The van der Waals surface area contributed by atoms with Gasteiger partial charge in [0.1, 0.15) is 6.29 Å². The van der Waals surface area contributed by atoms with Crippen LogP contribution in [0.5, 0.6) is 0 Å². The molecule has 1 aliphatic heterocycles. The fourth-order valence-electron chi connectivity index (χ4n) is 4.75. The molecule has 0 amide bonds. The zero-order valence-electron chi connectivity index (χ0n) is 16.8. The number of carbonyl (C=O) groups excluding carboxylic acids is 1. The molecule has 2 fully saturated rings. The summed E-state index contributed by atoms with van der Waals surface area (Å²) in [5.41, 5.74) is 1.12. The van der Waals surface area contributed by atoms with Gasteiger partial charge in [-0.15, -0.1) is 0 Å². The van der Waals surface area contributed by atoms with Crippen molar-refractivity contribution in [1.29, 1.82) is 0 Å². The van der Waals surface area contributed by atoms with E-state index < -0.39 is 12.2 Å². The predicted octanol–water partition coefficient (Wildman–Crippen LogP) is 3.43. The first-order valence-corrected chi connectivity index (χ1v) is 10.7. The van der Waals surface area contributed by atoms with Crippen LogP contribution in [0, 0.1) is 11.8 Å². The molecule has 7 atom stereocenters. The van der Waals surface area contributed by atoms with Gasteiger partial charge in [-0.2, -0.15) is 0 Å². The lowest BCUT2D eigenvalue weighted by Gasteiger charge is -2.31. The van der Waals surface area contributed by atoms with Crippen LogP contribution >= 0.6 is 0 Å². The van der Waals surface area contributed by atoms with E-state index in [0.717, 1.165) is 44.1 Å². The molecule has 0 spiro atoms. The Hall–Kier alpha value is -1.27. The minimum atomic E-state index is -0.535. The van der Waals surface area contributed by atoms with Gasteiger partial charge in [0.05, 0.1) is 18.3 Å². The first-order valence-electron chi connectivity index (χ1n) is 10.7. The third-order valence-corrected chi connectivity index (χ3v) is 6.53. The second-order valence-electron chi connectivity index (χ2n) is 8.35. The molecule has 1 aromatic rings. The van der Waals surface area contributed by atoms with Crippen LogP contribution < -0.4 is 0 Å². The number of carbonyl (C=O) groups is 1. The summed E-state index contributed by atoms with van der Waals surface area (Å²) in [4.78, 5) is 11.2. The summed E-state index contributed by atoms with van der Waals surface area (Å²) < 4.78 is 11.9. The van der Waals surface area contributed by atoms with Crippen molar-refractivity contribution in [3.63, 3.8) is 0 Å². The number of aliphatic hydroxyl groups excluding tert-OH is 2. The van der Waals surface area contributed by atoms with Gasteiger partial charge in [-0.25, -0.2) is 0 Å². The van der Waals surface area contributed by atoms with Gasteiger partial charge in [0.25, 0.3) is 0 Å². The molecule has 1 saturated carbocycles. The maximum atomic E-state index is 11.2. The molecule has 2 N–H and O–H groups in total. The number of hydrogen-bond acceptors (Lipinski definition) is 5. The summed E-state index contributed by atoms with van der Waals surface area (Å²) in [7, 11) is 0. The van der Waals surface area contributed by atoms with Gasteiger partial charge in [-0.1, -0.05) is 37.3 Å². The highest BCUT2D eigenvalue weighted by Gasteiger charge is 2.44. The highest BCUT2D eigenvalue weighted by molar-refractivity contribution is 5.50.